The molecule has 10 heteroatoms. The van der Waals surface area contributed by atoms with E-state index in [1.165, 1.54) is 0 Å². The van der Waals surface area contributed by atoms with E-state index in [4.69, 9.17) is 16.3 Å². The largest absolute Gasteiger partial charge is 0.394 e. The molecule has 0 radical (unpaired) electrons. The number of aliphatic hydroxyl groups excluding tert-OH is 1. The van der Waals surface area contributed by atoms with E-state index in [2.05, 4.69) is 25.7 Å². The highest BCUT2D eigenvalue weighted by Gasteiger charge is 2.24. The third-order valence-corrected chi connectivity index (χ3v) is 5.30. The Kier molecular flexibility index (Phi) is 6.35. The number of carbonyl (C=O) groups excluding carboxylic acids is 1. The lowest BCUT2D eigenvalue weighted by molar-refractivity contribution is -0.0305. The van der Waals surface area contributed by atoms with Crippen LogP contribution in [-0.2, 0) is 4.74 Å². The molecule has 1 fully saturated rings. The SMILES string of the molecule is CC(C)Nc1cc(-c2cnn3cc(Cl)cnc23)ncc1C(=O)N[C@@H]1CC[C@@H](CO)OC1. The number of fused-ring (bicyclic) bond motifs is 1. The summed E-state index contributed by atoms with van der Waals surface area (Å²) in [6.07, 6.45) is 7.79. The Morgan fingerprint density at radius 3 is 2.87 bits per heavy atom. The molecular weight excluding hydrogens is 420 g/mol. The molecule has 0 spiro atoms. The lowest BCUT2D eigenvalue weighted by Crippen LogP contribution is -2.43. The predicted molar refractivity (Wildman–Crippen MR) is 117 cm³/mol. The van der Waals surface area contributed by atoms with Crippen molar-refractivity contribution in [2.75, 3.05) is 18.5 Å². The fourth-order valence-corrected chi connectivity index (χ4v) is 3.71. The number of rotatable bonds is 6. The van der Waals surface area contributed by atoms with Crippen LogP contribution in [0.1, 0.15) is 37.0 Å². The zero-order valence-electron chi connectivity index (χ0n) is 17.4. The zero-order chi connectivity index (χ0) is 22.0. The highest BCUT2D eigenvalue weighted by Crippen LogP contribution is 2.27. The topological polar surface area (TPSA) is 114 Å². The number of pyridine rings is 1. The van der Waals surface area contributed by atoms with Crippen molar-refractivity contribution in [3.05, 3.63) is 41.4 Å². The standard InChI is InChI=1S/C21H25ClN6O3/c1-12(2)26-19-5-18(16-8-25-28-9-13(22)6-24-20(16)28)23-7-17(19)21(30)27-14-3-4-15(10-29)31-11-14/h5-9,12,14-15,29H,3-4,10-11H2,1-2H3,(H,23,26)(H,27,30)/t14-,15+/m1/s1. The van der Waals surface area contributed by atoms with Gasteiger partial charge in [-0.2, -0.15) is 5.10 Å². The monoisotopic (exact) mass is 444 g/mol. The molecule has 1 amide bonds. The summed E-state index contributed by atoms with van der Waals surface area (Å²) in [4.78, 5) is 21.8. The summed E-state index contributed by atoms with van der Waals surface area (Å²) in [5.74, 6) is -0.219. The molecule has 2 atom stereocenters. The first kappa shape index (κ1) is 21.5. The maximum atomic E-state index is 13.0. The van der Waals surface area contributed by atoms with Gasteiger partial charge < -0.3 is 20.5 Å². The lowest BCUT2D eigenvalue weighted by Gasteiger charge is -2.28. The minimum atomic E-state index is -0.219. The van der Waals surface area contributed by atoms with Crippen LogP contribution in [0.3, 0.4) is 0 Å². The summed E-state index contributed by atoms with van der Waals surface area (Å²) >= 11 is 5.99. The van der Waals surface area contributed by atoms with Crippen molar-refractivity contribution < 1.29 is 14.6 Å². The second kappa shape index (κ2) is 9.17. The van der Waals surface area contributed by atoms with E-state index in [1.54, 1.807) is 29.3 Å². The minimum Gasteiger partial charge on any atom is -0.394 e. The first-order valence-corrected chi connectivity index (χ1v) is 10.6. The molecule has 0 saturated carbocycles. The summed E-state index contributed by atoms with van der Waals surface area (Å²) in [5, 5.41) is 20.3. The molecule has 0 bridgehead atoms. The van der Waals surface area contributed by atoms with Crippen LogP contribution in [0.15, 0.2) is 30.9 Å². The number of aromatic nitrogens is 4. The molecule has 4 heterocycles. The summed E-state index contributed by atoms with van der Waals surface area (Å²) < 4.78 is 7.16. The van der Waals surface area contributed by atoms with Crippen molar-refractivity contribution in [3.8, 4) is 11.3 Å². The van der Waals surface area contributed by atoms with Gasteiger partial charge in [-0.3, -0.25) is 9.78 Å². The van der Waals surface area contributed by atoms with Crippen molar-refractivity contribution in [2.24, 2.45) is 0 Å². The van der Waals surface area contributed by atoms with E-state index >= 15 is 0 Å². The molecule has 3 N–H and O–H groups in total. The Bertz CT molecular complexity index is 1080. The zero-order valence-corrected chi connectivity index (χ0v) is 18.1. The molecule has 1 aliphatic heterocycles. The maximum absolute atomic E-state index is 13.0. The number of hydrogen-bond donors (Lipinski definition) is 3. The van der Waals surface area contributed by atoms with Crippen LogP contribution in [0.4, 0.5) is 5.69 Å². The molecule has 3 aromatic rings. The number of nitrogens with zero attached hydrogens (tertiary/aromatic N) is 4. The number of nitrogens with one attached hydrogen (secondary N) is 2. The van der Waals surface area contributed by atoms with Crippen molar-refractivity contribution in [3.63, 3.8) is 0 Å². The molecule has 1 aliphatic rings. The summed E-state index contributed by atoms with van der Waals surface area (Å²) in [7, 11) is 0. The number of ether oxygens (including phenoxy) is 1. The van der Waals surface area contributed by atoms with E-state index in [1.807, 2.05) is 19.9 Å². The highest BCUT2D eigenvalue weighted by atomic mass is 35.5. The number of carbonyl (C=O) groups is 1. The molecule has 0 aliphatic carbocycles. The second-order valence-corrected chi connectivity index (χ2v) is 8.33. The van der Waals surface area contributed by atoms with E-state index in [0.29, 0.717) is 40.6 Å². The Labute approximate surface area is 184 Å². The molecule has 164 valence electrons. The summed E-state index contributed by atoms with van der Waals surface area (Å²) in [6.45, 7) is 4.39. The molecule has 0 aromatic carbocycles. The second-order valence-electron chi connectivity index (χ2n) is 7.90. The van der Waals surface area contributed by atoms with Crippen LogP contribution < -0.4 is 10.6 Å². The molecule has 9 nitrogen and oxygen atoms in total. The van der Waals surface area contributed by atoms with Gasteiger partial charge in [0.1, 0.15) is 0 Å². The van der Waals surface area contributed by atoms with Crippen LogP contribution in [0, 0.1) is 0 Å². The van der Waals surface area contributed by atoms with E-state index in [9.17, 15) is 9.90 Å². The molecule has 31 heavy (non-hydrogen) atoms. The van der Waals surface area contributed by atoms with Crippen LogP contribution in [0.25, 0.3) is 16.9 Å². The Morgan fingerprint density at radius 2 is 2.16 bits per heavy atom. The Morgan fingerprint density at radius 1 is 1.32 bits per heavy atom. The molecule has 4 rings (SSSR count). The third kappa shape index (κ3) is 4.79. The van der Waals surface area contributed by atoms with Gasteiger partial charge in [0, 0.05) is 18.4 Å². The third-order valence-electron chi connectivity index (χ3n) is 5.10. The Hall–Kier alpha value is -2.75. The molecule has 1 saturated heterocycles. The number of aliphatic hydroxyl groups is 1. The van der Waals surface area contributed by atoms with Crippen molar-refractivity contribution in [1.82, 2.24) is 24.9 Å². The number of amides is 1. The molecule has 3 aromatic heterocycles. The van der Waals surface area contributed by atoms with Gasteiger partial charge >= 0.3 is 0 Å². The summed E-state index contributed by atoms with van der Waals surface area (Å²) in [5.41, 5.74) is 3.15. The fourth-order valence-electron chi connectivity index (χ4n) is 3.57. The summed E-state index contributed by atoms with van der Waals surface area (Å²) in [6, 6.07) is 1.85. The number of anilines is 1. The van der Waals surface area contributed by atoms with E-state index in [-0.39, 0.29) is 30.7 Å². The molecular formula is C21H25ClN6O3. The maximum Gasteiger partial charge on any atom is 0.255 e. The quantitative estimate of drug-likeness (QED) is 0.535. The Balaban J connectivity index is 1.60. The van der Waals surface area contributed by atoms with Gasteiger partial charge in [-0.05, 0) is 32.8 Å². The normalized spacial score (nSPS) is 19.0. The van der Waals surface area contributed by atoms with Crippen LogP contribution in [-0.4, -0.2) is 62.0 Å². The van der Waals surface area contributed by atoms with E-state index < -0.39 is 0 Å². The van der Waals surface area contributed by atoms with Gasteiger partial charge in [0.25, 0.3) is 5.91 Å². The van der Waals surface area contributed by atoms with Crippen LogP contribution in [0.5, 0.6) is 0 Å². The van der Waals surface area contributed by atoms with Crippen molar-refractivity contribution in [1.29, 1.82) is 0 Å². The number of halogens is 1. The van der Waals surface area contributed by atoms with Crippen LogP contribution in [0.2, 0.25) is 5.02 Å². The average Bonchev–Trinajstić information content (AvgIpc) is 3.16. The van der Waals surface area contributed by atoms with Crippen molar-refractivity contribution in [2.45, 2.75) is 44.9 Å². The van der Waals surface area contributed by atoms with Crippen molar-refractivity contribution >= 4 is 28.8 Å². The first-order chi connectivity index (χ1) is 14.9. The van der Waals surface area contributed by atoms with Gasteiger partial charge in [0.2, 0.25) is 0 Å². The number of hydrogen-bond acceptors (Lipinski definition) is 7. The highest BCUT2D eigenvalue weighted by molar-refractivity contribution is 6.30. The van der Waals surface area contributed by atoms with E-state index in [0.717, 1.165) is 12.0 Å². The van der Waals surface area contributed by atoms with Gasteiger partial charge in [-0.25, -0.2) is 9.50 Å². The first-order valence-electron chi connectivity index (χ1n) is 10.2. The smallest absolute Gasteiger partial charge is 0.255 e. The average molecular weight is 445 g/mol. The minimum absolute atomic E-state index is 0.000874. The van der Waals surface area contributed by atoms with Gasteiger partial charge in [-0.15, -0.1) is 0 Å². The predicted octanol–water partition coefficient (Wildman–Crippen LogP) is 2.53. The van der Waals surface area contributed by atoms with Crippen LogP contribution >= 0.6 is 11.6 Å². The molecule has 0 unspecified atom stereocenters. The van der Waals surface area contributed by atoms with Gasteiger partial charge in [-0.1, -0.05) is 11.6 Å². The fraction of sp³-hybridized carbons (Fsp3) is 0.429. The van der Waals surface area contributed by atoms with Gasteiger partial charge in [0.15, 0.2) is 5.65 Å². The lowest BCUT2D eigenvalue weighted by atomic mass is 10.0. The van der Waals surface area contributed by atoms with Gasteiger partial charge in [0.05, 0.1) is 65.3 Å².